The number of nitrogens with zero attached hydrogens (tertiary/aromatic N) is 2. The van der Waals surface area contributed by atoms with Crippen molar-refractivity contribution < 1.29 is 13.2 Å². The molecule has 0 saturated heterocycles. The molecule has 0 fully saturated rings. The van der Waals surface area contributed by atoms with Crippen molar-refractivity contribution in [3.8, 4) is 5.69 Å². The van der Waals surface area contributed by atoms with Crippen molar-refractivity contribution >= 4 is 0 Å². The molecule has 0 aliphatic carbocycles. The van der Waals surface area contributed by atoms with Crippen LogP contribution < -0.4 is 5.32 Å². The summed E-state index contributed by atoms with van der Waals surface area (Å²) in [5.41, 5.74) is 3.00. The Hall–Kier alpha value is -1.82. The first-order valence-corrected chi connectivity index (χ1v) is 7.48. The Balaban J connectivity index is 2.08. The molecule has 1 N–H and O–H groups in total. The van der Waals surface area contributed by atoms with Gasteiger partial charge in [-0.25, -0.2) is 4.68 Å². The third-order valence-electron chi connectivity index (χ3n) is 3.92. The van der Waals surface area contributed by atoms with E-state index in [-0.39, 0.29) is 0 Å². The lowest BCUT2D eigenvalue weighted by molar-refractivity contribution is -0.137. The second kappa shape index (κ2) is 5.76. The van der Waals surface area contributed by atoms with E-state index in [1.807, 2.05) is 0 Å². The fraction of sp³-hybridized carbons (Fsp3) is 0.438. The van der Waals surface area contributed by atoms with Crippen molar-refractivity contribution in [2.75, 3.05) is 6.54 Å². The van der Waals surface area contributed by atoms with Gasteiger partial charge in [-0.1, -0.05) is 19.4 Å². The summed E-state index contributed by atoms with van der Waals surface area (Å²) < 4.78 is 40.4. The summed E-state index contributed by atoms with van der Waals surface area (Å²) in [6.45, 7) is 3.64. The third-order valence-corrected chi connectivity index (χ3v) is 3.92. The highest BCUT2D eigenvalue weighted by Gasteiger charge is 2.31. The molecule has 1 aliphatic rings. The summed E-state index contributed by atoms with van der Waals surface area (Å²) in [5, 5.41) is 7.89. The number of alkyl halides is 3. The van der Waals surface area contributed by atoms with E-state index >= 15 is 0 Å². The van der Waals surface area contributed by atoms with Crippen molar-refractivity contribution in [3.05, 3.63) is 46.8 Å². The van der Waals surface area contributed by atoms with Crippen LogP contribution in [0.4, 0.5) is 13.2 Å². The number of aryl methyl sites for hydroxylation is 1. The third kappa shape index (κ3) is 2.75. The van der Waals surface area contributed by atoms with Crippen LogP contribution in [0.5, 0.6) is 0 Å². The van der Waals surface area contributed by atoms with E-state index in [1.54, 1.807) is 10.7 Å². The van der Waals surface area contributed by atoms with Gasteiger partial charge in [0.15, 0.2) is 0 Å². The number of hydrogen-bond acceptors (Lipinski definition) is 2. The number of aromatic nitrogens is 2. The van der Waals surface area contributed by atoms with Gasteiger partial charge in [0.1, 0.15) is 0 Å². The zero-order chi connectivity index (χ0) is 15.7. The summed E-state index contributed by atoms with van der Waals surface area (Å²) in [6.07, 6.45) is -1.75. The molecule has 2 aromatic rings. The van der Waals surface area contributed by atoms with E-state index < -0.39 is 11.7 Å². The summed E-state index contributed by atoms with van der Waals surface area (Å²) >= 11 is 0. The monoisotopic (exact) mass is 309 g/mol. The molecule has 0 spiro atoms. The maximum absolute atomic E-state index is 12.9. The number of rotatable bonds is 3. The molecular formula is C16H18F3N3. The predicted octanol–water partition coefficient (Wildman–Crippen LogP) is 3.49. The summed E-state index contributed by atoms with van der Waals surface area (Å²) in [6, 6.07) is 5.38. The molecule has 0 unspecified atom stereocenters. The van der Waals surface area contributed by atoms with Crippen LogP contribution in [-0.4, -0.2) is 16.3 Å². The Labute approximate surface area is 127 Å². The standard InChI is InChI=1S/C16H18F3N3/c1-2-4-14-13-10-20-8-7-15(13)22(21-14)12-6-3-5-11(9-12)16(17,18)19/h3,5-6,9,20H,2,4,7-8,10H2,1H3. The van der Waals surface area contributed by atoms with Gasteiger partial charge in [-0.2, -0.15) is 18.3 Å². The first-order valence-electron chi connectivity index (χ1n) is 7.48. The zero-order valence-corrected chi connectivity index (χ0v) is 12.4. The molecule has 0 atom stereocenters. The fourth-order valence-electron chi connectivity index (χ4n) is 2.88. The van der Waals surface area contributed by atoms with Crippen molar-refractivity contribution in [3.63, 3.8) is 0 Å². The zero-order valence-electron chi connectivity index (χ0n) is 12.4. The topological polar surface area (TPSA) is 29.9 Å². The smallest absolute Gasteiger partial charge is 0.312 e. The Kier molecular flexibility index (Phi) is 3.95. The normalized spacial score (nSPS) is 14.9. The number of halogens is 3. The van der Waals surface area contributed by atoms with Crippen molar-refractivity contribution in [2.24, 2.45) is 0 Å². The van der Waals surface area contributed by atoms with Gasteiger partial charge < -0.3 is 5.32 Å². The summed E-state index contributed by atoms with van der Waals surface area (Å²) in [5.74, 6) is 0. The van der Waals surface area contributed by atoms with Crippen LogP contribution in [0.3, 0.4) is 0 Å². The van der Waals surface area contributed by atoms with Crippen molar-refractivity contribution in [2.45, 2.75) is 38.9 Å². The van der Waals surface area contributed by atoms with Gasteiger partial charge >= 0.3 is 6.18 Å². The van der Waals surface area contributed by atoms with Gasteiger partial charge in [0.25, 0.3) is 0 Å². The quantitative estimate of drug-likeness (QED) is 0.940. The molecule has 0 radical (unpaired) electrons. The molecule has 1 aromatic carbocycles. The fourth-order valence-corrected chi connectivity index (χ4v) is 2.88. The first-order chi connectivity index (χ1) is 10.5. The van der Waals surface area contributed by atoms with Gasteiger partial charge in [0.05, 0.1) is 22.6 Å². The molecule has 6 heteroatoms. The minimum Gasteiger partial charge on any atom is -0.312 e. The molecule has 0 saturated carbocycles. The van der Waals surface area contributed by atoms with Gasteiger partial charge in [-0.15, -0.1) is 0 Å². The van der Waals surface area contributed by atoms with Gasteiger partial charge in [-0.05, 0) is 24.6 Å². The van der Waals surface area contributed by atoms with E-state index in [9.17, 15) is 13.2 Å². The number of fused-ring (bicyclic) bond motifs is 1. The molecular weight excluding hydrogens is 291 g/mol. The minimum atomic E-state index is -4.34. The highest BCUT2D eigenvalue weighted by molar-refractivity contribution is 5.41. The second-order valence-electron chi connectivity index (χ2n) is 5.51. The van der Waals surface area contributed by atoms with Crippen LogP contribution in [0.15, 0.2) is 24.3 Å². The lowest BCUT2D eigenvalue weighted by Gasteiger charge is -2.16. The van der Waals surface area contributed by atoms with E-state index in [0.29, 0.717) is 5.69 Å². The average Bonchev–Trinajstić information content (AvgIpc) is 2.86. The SMILES string of the molecule is CCCc1nn(-c2cccc(C(F)(F)F)c2)c2c1CNCC2. The van der Waals surface area contributed by atoms with Crippen LogP contribution in [0.1, 0.15) is 35.9 Å². The lowest BCUT2D eigenvalue weighted by Crippen LogP contribution is -2.25. The van der Waals surface area contributed by atoms with Crippen LogP contribution in [0.2, 0.25) is 0 Å². The lowest BCUT2D eigenvalue weighted by atomic mass is 10.0. The van der Waals surface area contributed by atoms with E-state index in [0.717, 1.165) is 55.4 Å². The molecule has 118 valence electrons. The highest BCUT2D eigenvalue weighted by Crippen LogP contribution is 2.31. The number of benzene rings is 1. The van der Waals surface area contributed by atoms with Crippen molar-refractivity contribution in [1.29, 1.82) is 0 Å². The van der Waals surface area contributed by atoms with E-state index in [1.165, 1.54) is 12.1 Å². The highest BCUT2D eigenvalue weighted by atomic mass is 19.4. The van der Waals surface area contributed by atoms with E-state index in [4.69, 9.17) is 0 Å². The van der Waals surface area contributed by atoms with Crippen LogP contribution in [-0.2, 0) is 25.6 Å². The number of hydrogen-bond donors (Lipinski definition) is 1. The molecule has 1 aromatic heterocycles. The van der Waals surface area contributed by atoms with Gasteiger partial charge in [-0.3, -0.25) is 0 Å². The molecule has 1 aliphatic heterocycles. The second-order valence-corrected chi connectivity index (χ2v) is 5.51. The minimum absolute atomic E-state index is 0.482. The Bertz CT molecular complexity index is 674. The van der Waals surface area contributed by atoms with Gasteiger partial charge in [0.2, 0.25) is 0 Å². The molecule has 0 bridgehead atoms. The summed E-state index contributed by atoms with van der Waals surface area (Å²) in [4.78, 5) is 0. The Morgan fingerprint density at radius 1 is 1.32 bits per heavy atom. The maximum Gasteiger partial charge on any atom is 0.416 e. The average molecular weight is 309 g/mol. The Morgan fingerprint density at radius 2 is 2.14 bits per heavy atom. The molecule has 22 heavy (non-hydrogen) atoms. The summed E-state index contributed by atoms with van der Waals surface area (Å²) in [7, 11) is 0. The predicted molar refractivity (Wildman–Crippen MR) is 78.0 cm³/mol. The largest absolute Gasteiger partial charge is 0.416 e. The van der Waals surface area contributed by atoms with Crippen LogP contribution in [0, 0.1) is 0 Å². The molecule has 2 heterocycles. The first kappa shape index (κ1) is 15.1. The van der Waals surface area contributed by atoms with E-state index in [2.05, 4.69) is 17.3 Å². The number of nitrogens with one attached hydrogen (secondary N) is 1. The molecule has 3 nitrogen and oxygen atoms in total. The Morgan fingerprint density at radius 3 is 2.86 bits per heavy atom. The van der Waals surface area contributed by atoms with Crippen molar-refractivity contribution in [1.82, 2.24) is 15.1 Å². The maximum atomic E-state index is 12.9. The van der Waals surface area contributed by atoms with Crippen LogP contribution in [0.25, 0.3) is 5.69 Å². The molecule has 0 amide bonds. The van der Waals surface area contributed by atoms with Crippen LogP contribution >= 0.6 is 0 Å². The van der Waals surface area contributed by atoms with Gasteiger partial charge in [0, 0.05) is 25.1 Å². The molecule has 3 rings (SSSR count).